The molecule has 0 unspecified atom stereocenters. The second-order valence-corrected chi connectivity index (χ2v) is 10.8. The number of ether oxygens (including phenoxy) is 1. The maximum atomic E-state index is 13.0. The fourth-order valence-corrected chi connectivity index (χ4v) is 6.30. The van der Waals surface area contributed by atoms with Crippen LogP contribution in [0.2, 0.25) is 0 Å². The van der Waals surface area contributed by atoms with E-state index in [9.17, 15) is 13.2 Å². The number of fused-ring (bicyclic) bond motifs is 1. The van der Waals surface area contributed by atoms with Crippen molar-refractivity contribution in [3.05, 3.63) is 65.2 Å². The highest BCUT2D eigenvalue weighted by atomic mass is 32.2. The van der Waals surface area contributed by atoms with Crippen molar-refractivity contribution < 1.29 is 17.9 Å². The van der Waals surface area contributed by atoms with E-state index in [4.69, 9.17) is 4.74 Å². The van der Waals surface area contributed by atoms with E-state index in [-0.39, 0.29) is 23.3 Å². The number of hydrogen-bond donors (Lipinski definition) is 1. The standard InChI is InChI=1S/C25H32N2O4S/c1-3-25(4-2)17-22(21-9-5-6-10-23(21)31-25)26-24(28)20-13-11-19(12-14-20)18-32(29,30)27-15-7-8-16-27/h5-6,9-14,22H,3-4,7-8,15-18H2,1-2H3,(H,26,28)/t22-/m0/s1. The molecule has 0 saturated carbocycles. The van der Waals surface area contributed by atoms with E-state index in [2.05, 4.69) is 19.2 Å². The topological polar surface area (TPSA) is 75.7 Å². The molecule has 2 aromatic carbocycles. The molecule has 0 aliphatic carbocycles. The van der Waals surface area contributed by atoms with Gasteiger partial charge < -0.3 is 10.1 Å². The number of carbonyl (C=O) groups excluding carboxylic acids is 1. The monoisotopic (exact) mass is 456 g/mol. The van der Waals surface area contributed by atoms with Gasteiger partial charge >= 0.3 is 0 Å². The Hall–Kier alpha value is -2.38. The Morgan fingerprint density at radius 2 is 1.72 bits per heavy atom. The summed E-state index contributed by atoms with van der Waals surface area (Å²) in [5.74, 6) is 0.634. The van der Waals surface area contributed by atoms with Gasteiger partial charge in [0.05, 0.1) is 11.8 Å². The molecule has 32 heavy (non-hydrogen) atoms. The van der Waals surface area contributed by atoms with Gasteiger partial charge in [0.1, 0.15) is 11.4 Å². The van der Waals surface area contributed by atoms with Crippen LogP contribution in [0, 0.1) is 0 Å². The van der Waals surface area contributed by atoms with Gasteiger partial charge in [-0.15, -0.1) is 0 Å². The molecule has 1 N–H and O–H groups in total. The number of carbonyl (C=O) groups is 1. The average molecular weight is 457 g/mol. The fourth-order valence-electron chi connectivity index (χ4n) is 4.69. The molecule has 6 nitrogen and oxygen atoms in total. The molecule has 172 valence electrons. The van der Waals surface area contributed by atoms with Crippen LogP contribution >= 0.6 is 0 Å². The molecule has 1 saturated heterocycles. The van der Waals surface area contributed by atoms with Crippen LogP contribution in [0.5, 0.6) is 5.75 Å². The lowest BCUT2D eigenvalue weighted by Gasteiger charge is -2.41. The first-order valence-corrected chi connectivity index (χ1v) is 13.1. The van der Waals surface area contributed by atoms with Crippen LogP contribution in [0.4, 0.5) is 0 Å². The second-order valence-electron chi connectivity index (χ2n) is 8.82. The van der Waals surface area contributed by atoms with Crippen LogP contribution in [0.25, 0.3) is 0 Å². The van der Waals surface area contributed by atoms with Crippen LogP contribution in [-0.4, -0.2) is 37.3 Å². The minimum atomic E-state index is -3.30. The largest absolute Gasteiger partial charge is 0.487 e. The van der Waals surface area contributed by atoms with E-state index >= 15 is 0 Å². The van der Waals surface area contributed by atoms with Crippen molar-refractivity contribution in [3.63, 3.8) is 0 Å². The summed E-state index contributed by atoms with van der Waals surface area (Å²) in [7, 11) is -3.30. The van der Waals surface area contributed by atoms with Gasteiger partial charge in [-0.3, -0.25) is 4.79 Å². The highest BCUT2D eigenvalue weighted by Crippen LogP contribution is 2.42. The first-order chi connectivity index (χ1) is 15.4. The number of nitrogens with one attached hydrogen (secondary N) is 1. The third kappa shape index (κ3) is 4.69. The summed E-state index contributed by atoms with van der Waals surface area (Å²) in [4.78, 5) is 13.0. The van der Waals surface area contributed by atoms with Crippen molar-refractivity contribution in [1.29, 1.82) is 0 Å². The van der Waals surface area contributed by atoms with Gasteiger partial charge in [-0.05, 0) is 49.4 Å². The van der Waals surface area contributed by atoms with Crippen molar-refractivity contribution in [2.75, 3.05) is 13.1 Å². The van der Waals surface area contributed by atoms with Gasteiger partial charge in [0.15, 0.2) is 0 Å². The molecule has 1 fully saturated rings. The summed E-state index contributed by atoms with van der Waals surface area (Å²) in [5.41, 5.74) is 1.92. The quantitative estimate of drug-likeness (QED) is 0.669. The number of para-hydroxylation sites is 1. The van der Waals surface area contributed by atoms with Gasteiger partial charge in [-0.1, -0.05) is 44.2 Å². The number of nitrogens with zero attached hydrogens (tertiary/aromatic N) is 1. The van der Waals surface area contributed by atoms with E-state index < -0.39 is 10.0 Å². The summed E-state index contributed by atoms with van der Waals surface area (Å²) in [6, 6.07) is 14.6. The van der Waals surface area contributed by atoms with E-state index in [1.807, 2.05) is 24.3 Å². The maximum absolute atomic E-state index is 13.0. The minimum Gasteiger partial charge on any atom is -0.487 e. The van der Waals surface area contributed by atoms with Gasteiger partial charge in [-0.2, -0.15) is 0 Å². The second kappa shape index (κ2) is 9.24. The number of benzene rings is 2. The lowest BCUT2D eigenvalue weighted by atomic mass is 9.83. The molecule has 2 aromatic rings. The molecule has 2 aliphatic heterocycles. The molecule has 4 rings (SSSR count). The molecular formula is C25H32N2O4S. The zero-order valence-electron chi connectivity index (χ0n) is 18.8. The molecule has 2 heterocycles. The lowest BCUT2D eigenvalue weighted by molar-refractivity contribution is 0.0227. The number of rotatable bonds is 7. The van der Waals surface area contributed by atoms with Crippen LogP contribution < -0.4 is 10.1 Å². The third-order valence-electron chi connectivity index (χ3n) is 6.81. The predicted octanol–water partition coefficient (Wildman–Crippen LogP) is 4.42. The Bertz CT molecular complexity index is 1060. The number of amides is 1. The highest BCUT2D eigenvalue weighted by Gasteiger charge is 2.39. The molecular weight excluding hydrogens is 424 g/mol. The van der Waals surface area contributed by atoms with Crippen LogP contribution in [0.3, 0.4) is 0 Å². The predicted molar refractivity (Wildman–Crippen MR) is 125 cm³/mol. The third-order valence-corrected chi connectivity index (χ3v) is 8.66. The smallest absolute Gasteiger partial charge is 0.251 e. The normalized spacial score (nSPS) is 20.4. The minimum absolute atomic E-state index is 0.0300. The van der Waals surface area contributed by atoms with Crippen molar-refractivity contribution in [1.82, 2.24) is 9.62 Å². The first-order valence-electron chi connectivity index (χ1n) is 11.5. The van der Waals surface area contributed by atoms with Crippen molar-refractivity contribution in [2.45, 2.75) is 63.3 Å². The van der Waals surface area contributed by atoms with Gasteiger partial charge in [0.25, 0.3) is 5.91 Å². The zero-order chi connectivity index (χ0) is 22.8. The zero-order valence-corrected chi connectivity index (χ0v) is 19.7. The number of hydrogen-bond acceptors (Lipinski definition) is 4. The highest BCUT2D eigenvalue weighted by molar-refractivity contribution is 7.88. The van der Waals surface area contributed by atoms with Gasteiger partial charge in [-0.25, -0.2) is 12.7 Å². The number of sulfonamides is 1. The van der Waals surface area contributed by atoms with Crippen LogP contribution in [0.1, 0.15) is 73.5 Å². The molecule has 1 amide bonds. The first kappa shape index (κ1) is 22.8. The Balaban J connectivity index is 1.48. The summed E-state index contributed by atoms with van der Waals surface area (Å²) >= 11 is 0. The Morgan fingerprint density at radius 1 is 1.06 bits per heavy atom. The van der Waals surface area contributed by atoms with E-state index in [0.717, 1.165) is 43.4 Å². The summed E-state index contributed by atoms with van der Waals surface area (Å²) < 4.78 is 33.0. The Kier molecular flexibility index (Phi) is 6.58. The summed E-state index contributed by atoms with van der Waals surface area (Å²) in [6.07, 6.45) is 4.29. The molecule has 7 heteroatoms. The summed E-state index contributed by atoms with van der Waals surface area (Å²) in [6.45, 7) is 5.44. The SMILES string of the molecule is CCC1(CC)C[C@H](NC(=O)c2ccc(CS(=O)(=O)N3CCCC3)cc2)c2ccccc2O1. The average Bonchev–Trinajstić information content (AvgIpc) is 3.35. The molecule has 2 aliphatic rings. The van der Waals surface area contributed by atoms with E-state index in [1.54, 1.807) is 28.6 Å². The maximum Gasteiger partial charge on any atom is 0.251 e. The molecule has 1 atom stereocenters. The Morgan fingerprint density at radius 3 is 2.38 bits per heavy atom. The van der Waals surface area contributed by atoms with Gasteiger partial charge in [0, 0.05) is 30.6 Å². The molecule has 0 bridgehead atoms. The van der Waals surface area contributed by atoms with E-state index in [1.165, 1.54) is 0 Å². The Labute approximate surface area is 191 Å². The lowest BCUT2D eigenvalue weighted by Crippen LogP contribution is -2.44. The summed E-state index contributed by atoms with van der Waals surface area (Å²) in [5, 5.41) is 3.18. The van der Waals surface area contributed by atoms with Crippen molar-refractivity contribution in [2.24, 2.45) is 0 Å². The molecule has 0 radical (unpaired) electrons. The van der Waals surface area contributed by atoms with Gasteiger partial charge in [0.2, 0.25) is 10.0 Å². The van der Waals surface area contributed by atoms with E-state index in [0.29, 0.717) is 24.2 Å². The van der Waals surface area contributed by atoms with Crippen molar-refractivity contribution >= 4 is 15.9 Å². The molecule has 0 spiro atoms. The van der Waals surface area contributed by atoms with Crippen molar-refractivity contribution in [3.8, 4) is 5.75 Å². The molecule has 0 aromatic heterocycles. The van der Waals surface area contributed by atoms with Crippen LogP contribution in [0.15, 0.2) is 48.5 Å². The van der Waals surface area contributed by atoms with Crippen LogP contribution in [-0.2, 0) is 15.8 Å². The fraction of sp³-hybridized carbons (Fsp3) is 0.480.